The van der Waals surface area contributed by atoms with E-state index in [9.17, 15) is 4.79 Å². The van der Waals surface area contributed by atoms with Gasteiger partial charge in [-0.3, -0.25) is 0 Å². The van der Waals surface area contributed by atoms with Gasteiger partial charge in [0.25, 0.3) is 0 Å². The summed E-state index contributed by atoms with van der Waals surface area (Å²) in [6, 6.07) is 5.53. The molecule has 0 heterocycles. The van der Waals surface area contributed by atoms with E-state index in [1.807, 2.05) is 51.1 Å². The third kappa shape index (κ3) is 6.21. The molecule has 0 bridgehead atoms. The van der Waals surface area contributed by atoms with Gasteiger partial charge >= 0.3 is 6.09 Å². The van der Waals surface area contributed by atoms with Crippen LogP contribution in [-0.4, -0.2) is 32.5 Å². The zero-order valence-electron chi connectivity index (χ0n) is 13.2. The van der Waals surface area contributed by atoms with Crippen LogP contribution in [0.25, 0.3) is 6.08 Å². The molecule has 0 unspecified atom stereocenters. The number of hydrogen-bond acceptors (Lipinski definition) is 4. The van der Waals surface area contributed by atoms with Crippen LogP contribution in [0.5, 0.6) is 11.5 Å². The van der Waals surface area contributed by atoms with Crippen molar-refractivity contribution in [3.63, 3.8) is 0 Å². The van der Waals surface area contributed by atoms with Crippen LogP contribution in [0.15, 0.2) is 24.3 Å². The van der Waals surface area contributed by atoms with Crippen LogP contribution < -0.4 is 14.8 Å². The topological polar surface area (TPSA) is 56.8 Å². The van der Waals surface area contributed by atoms with E-state index in [2.05, 4.69) is 5.32 Å². The maximum atomic E-state index is 11.5. The molecule has 0 saturated heterocycles. The minimum atomic E-state index is -0.496. The first-order chi connectivity index (χ1) is 9.85. The largest absolute Gasteiger partial charge is 0.497 e. The summed E-state index contributed by atoms with van der Waals surface area (Å²) in [5.74, 6) is 1.49. The SMILES string of the molecule is COc1ccc(OC)c(C=CCNC(=O)OC(C)(C)C)c1. The Bertz CT molecular complexity index is 503. The highest BCUT2D eigenvalue weighted by Crippen LogP contribution is 2.24. The lowest BCUT2D eigenvalue weighted by atomic mass is 10.1. The number of amides is 1. The summed E-state index contributed by atoms with van der Waals surface area (Å²) < 4.78 is 15.6. The van der Waals surface area contributed by atoms with Crippen molar-refractivity contribution in [3.05, 3.63) is 29.8 Å². The molecule has 1 aromatic rings. The minimum Gasteiger partial charge on any atom is -0.497 e. The number of carbonyl (C=O) groups excluding carboxylic acids is 1. The molecule has 0 atom stereocenters. The Morgan fingerprint density at radius 2 is 1.95 bits per heavy atom. The summed E-state index contributed by atoms with van der Waals surface area (Å²) in [4.78, 5) is 11.5. The summed E-state index contributed by atoms with van der Waals surface area (Å²) in [5.41, 5.74) is 0.381. The number of rotatable bonds is 5. The van der Waals surface area contributed by atoms with Gasteiger partial charge in [0.2, 0.25) is 0 Å². The standard InChI is InChI=1S/C16H23NO4/c1-16(2,3)21-15(18)17-10-6-7-12-11-13(19-4)8-9-14(12)20-5/h6-9,11H,10H2,1-5H3,(H,17,18). The molecule has 0 aliphatic rings. The van der Waals surface area contributed by atoms with E-state index in [-0.39, 0.29) is 0 Å². The molecule has 0 fully saturated rings. The van der Waals surface area contributed by atoms with Gasteiger partial charge in [-0.25, -0.2) is 4.79 Å². The van der Waals surface area contributed by atoms with Gasteiger partial charge in [-0.2, -0.15) is 0 Å². The highest BCUT2D eigenvalue weighted by molar-refractivity contribution is 5.68. The normalized spacial score (nSPS) is 11.3. The summed E-state index contributed by atoms with van der Waals surface area (Å²) >= 11 is 0. The number of alkyl carbamates (subject to hydrolysis) is 1. The molecule has 1 amide bonds. The van der Waals surface area contributed by atoms with Crippen molar-refractivity contribution in [2.45, 2.75) is 26.4 Å². The molecule has 1 aromatic carbocycles. The van der Waals surface area contributed by atoms with Crippen molar-refractivity contribution in [1.82, 2.24) is 5.32 Å². The fraction of sp³-hybridized carbons (Fsp3) is 0.438. The number of carbonyl (C=O) groups is 1. The highest BCUT2D eigenvalue weighted by atomic mass is 16.6. The second-order valence-corrected chi connectivity index (χ2v) is 5.39. The van der Waals surface area contributed by atoms with Crippen LogP contribution >= 0.6 is 0 Å². The van der Waals surface area contributed by atoms with Crippen LogP contribution in [0, 0.1) is 0 Å². The first-order valence-electron chi connectivity index (χ1n) is 6.71. The molecule has 0 aliphatic carbocycles. The van der Waals surface area contributed by atoms with Gasteiger partial charge in [0.05, 0.1) is 14.2 Å². The zero-order valence-corrected chi connectivity index (χ0v) is 13.2. The van der Waals surface area contributed by atoms with E-state index >= 15 is 0 Å². The van der Waals surface area contributed by atoms with E-state index in [1.54, 1.807) is 14.2 Å². The number of hydrogen-bond donors (Lipinski definition) is 1. The fourth-order valence-corrected chi connectivity index (χ4v) is 1.61. The molecule has 116 valence electrons. The maximum absolute atomic E-state index is 11.5. The Balaban J connectivity index is 2.59. The van der Waals surface area contributed by atoms with Gasteiger partial charge < -0.3 is 19.5 Å². The lowest BCUT2D eigenvalue weighted by molar-refractivity contribution is 0.0534. The van der Waals surface area contributed by atoms with Crippen LogP contribution in [0.1, 0.15) is 26.3 Å². The Morgan fingerprint density at radius 1 is 1.24 bits per heavy atom. The van der Waals surface area contributed by atoms with Crippen molar-refractivity contribution in [1.29, 1.82) is 0 Å². The molecule has 0 saturated carbocycles. The molecule has 0 spiro atoms. The maximum Gasteiger partial charge on any atom is 0.407 e. The molecule has 5 nitrogen and oxygen atoms in total. The molecule has 21 heavy (non-hydrogen) atoms. The van der Waals surface area contributed by atoms with Gasteiger partial charge in [0, 0.05) is 12.1 Å². The van der Waals surface area contributed by atoms with Gasteiger partial charge in [-0.15, -0.1) is 0 Å². The lowest BCUT2D eigenvalue weighted by Gasteiger charge is -2.19. The number of benzene rings is 1. The van der Waals surface area contributed by atoms with Crippen LogP contribution in [0.2, 0.25) is 0 Å². The van der Waals surface area contributed by atoms with Crippen molar-refractivity contribution in [3.8, 4) is 11.5 Å². The average molecular weight is 293 g/mol. The second kappa shape index (κ2) is 7.57. The van der Waals surface area contributed by atoms with Crippen molar-refractivity contribution >= 4 is 12.2 Å². The lowest BCUT2D eigenvalue weighted by Crippen LogP contribution is -2.32. The molecular weight excluding hydrogens is 270 g/mol. The Hall–Kier alpha value is -2.17. The third-order valence-electron chi connectivity index (χ3n) is 2.50. The average Bonchev–Trinajstić information content (AvgIpc) is 2.41. The monoisotopic (exact) mass is 293 g/mol. The second-order valence-electron chi connectivity index (χ2n) is 5.39. The molecule has 5 heteroatoms. The summed E-state index contributed by atoms with van der Waals surface area (Å²) in [6.07, 6.45) is 3.24. The first-order valence-corrected chi connectivity index (χ1v) is 6.71. The first kappa shape index (κ1) is 16.9. The van der Waals surface area contributed by atoms with Crippen molar-refractivity contribution in [2.75, 3.05) is 20.8 Å². The predicted octanol–water partition coefficient (Wildman–Crippen LogP) is 3.24. The summed E-state index contributed by atoms with van der Waals surface area (Å²) in [6.45, 7) is 5.84. The van der Waals surface area contributed by atoms with Gasteiger partial charge in [0.15, 0.2) is 0 Å². The van der Waals surface area contributed by atoms with Gasteiger partial charge in [-0.05, 0) is 39.0 Å². The Morgan fingerprint density at radius 3 is 2.52 bits per heavy atom. The third-order valence-corrected chi connectivity index (χ3v) is 2.50. The van der Waals surface area contributed by atoms with E-state index in [0.29, 0.717) is 6.54 Å². The number of ether oxygens (including phenoxy) is 3. The van der Waals surface area contributed by atoms with Gasteiger partial charge in [-0.1, -0.05) is 12.2 Å². The van der Waals surface area contributed by atoms with E-state index in [4.69, 9.17) is 14.2 Å². The zero-order chi connectivity index (χ0) is 15.9. The molecule has 0 radical (unpaired) electrons. The van der Waals surface area contributed by atoms with Crippen molar-refractivity contribution in [2.24, 2.45) is 0 Å². The van der Waals surface area contributed by atoms with Crippen LogP contribution in [-0.2, 0) is 4.74 Å². The number of methoxy groups -OCH3 is 2. The van der Waals surface area contributed by atoms with Crippen LogP contribution in [0.4, 0.5) is 4.79 Å². The Labute approximate surface area is 125 Å². The van der Waals surface area contributed by atoms with E-state index in [0.717, 1.165) is 17.1 Å². The van der Waals surface area contributed by atoms with E-state index < -0.39 is 11.7 Å². The predicted molar refractivity (Wildman–Crippen MR) is 82.8 cm³/mol. The molecule has 0 aromatic heterocycles. The quantitative estimate of drug-likeness (QED) is 0.905. The summed E-state index contributed by atoms with van der Waals surface area (Å²) in [7, 11) is 3.22. The molecular formula is C16H23NO4. The van der Waals surface area contributed by atoms with Crippen LogP contribution in [0.3, 0.4) is 0 Å². The minimum absolute atomic E-state index is 0.370. The molecule has 1 rings (SSSR count). The smallest absolute Gasteiger partial charge is 0.407 e. The molecule has 0 aliphatic heterocycles. The van der Waals surface area contributed by atoms with Crippen molar-refractivity contribution < 1.29 is 19.0 Å². The highest BCUT2D eigenvalue weighted by Gasteiger charge is 2.14. The molecule has 1 N–H and O–H groups in total. The fourth-order valence-electron chi connectivity index (χ4n) is 1.61. The van der Waals surface area contributed by atoms with E-state index in [1.165, 1.54) is 0 Å². The number of nitrogens with one attached hydrogen (secondary N) is 1. The van der Waals surface area contributed by atoms with Gasteiger partial charge in [0.1, 0.15) is 17.1 Å². The Kier molecular flexibility index (Phi) is 6.09. The summed E-state index contributed by atoms with van der Waals surface area (Å²) in [5, 5.41) is 2.66.